The molecule has 0 atom stereocenters. The number of aromatic hydroxyl groups is 2. The second kappa shape index (κ2) is 13.0. The van der Waals surface area contributed by atoms with Crippen molar-refractivity contribution in [1.29, 1.82) is 0 Å². The van der Waals surface area contributed by atoms with E-state index in [9.17, 15) is 15.3 Å². The second-order valence-electron chi connectivity index (χ2n) is 9.69. The Labute approximate surface area is 247 Å². The van der Waals surface area contributed by atoms with Crippen LogP contribution in [0.15, 0.2) is 70.9 Å². The van der Waals surface area contributed by atoms with Gasteiger partial charge in [-0.1, -0.05) is 12.1 Å². The highest BCUT2D eigenvalue weighted by atomic mass is 16.3. The number of aliphatic hydroxyl groups is 1. The number of phenolic OH excluding ortho intramolecular Hbond substituents is 2. The van der Waals surface area contributed by atoms with Crippen molar-refractivity contribution in [1.82, 2.24) is 40.6 Å². The van der Waals surface area contributed by atoms with Crippen molar-refractivity contribution < 1.29 is 15.3 Å². The Balaban J connectivity index is 1.64. The first-order chi connectivity index (χ1) is 20.9. The third-order valence-corrected chi connectivity index (χ3v) is 6.89. The molecule has 0 aliphatic rings. The van der Waals surface area contributed by atoms with Gasteiger partial charge < -0.3 is 20.2 Å². The minimum Gasteiger partial charge on any atom is -0.508 e. The van der Waals surface area contributed by atoms with Crippen LogP contribution in [0.25, 0.3) is 0 Å². The summed E-state index contributed by atoms with van der Waals surface area (Å²) in [5.74, 6) is 0.523. The quantitative estimate of drug-likeness (QED) is 0.155. The fraction of sp³-hybridized carbons (Fsp3) is 0.241. The Bertz CT molecular complexity index is 1660. The Morgan fingerprint density at radius 1 is 0.814 bits per heavy atom. The van der Waals surface area contributed by atoms with E-state index >= 15 is 0 Å². The number of nitrogens with zero attached hydrogens (tertiary/aromatic N) is 11. The van der Waals surface area contributed by atoms with Gasteiger partial charge in [-0.05, 0) is 107 Å². The van der Waals surface area contributed by atoms with Gasteiger partial charge in [-0.3, -0.25) is 0 Å². The van der Waals surface area contributed by atoms with Crippen LogP contribution in [0.4, 0.5) is 5.69 Å². The topological polar surface area (TPSA) is 176 Å². The summed E-state index contributed by atoms with van der Waals surface area (Å²) >= 11 is 0. The van der Waals surface area contributed by atoms with Crippen LogP contribution < -0.4 is 4.90 Å². The normalized spacial score (nSPS) is 12.4. The summed E-state index contributed by atoms with van der Waals surface area (Å²) in [6, 6.07) is 18.1. The minimum absolute atomic E-state index is 0.00731. The van der Waals surface area contributed by atoms with E-state index in [2.05, 4.69) is 46.2 Å². The molecule has 0 aliphatic carbocycles. The van der Waals surface area contributed by atoms with Crippen molar-refractivity contribution in [2.24, 2.45) is 10.2 Å². The molecule has 2 heterocycles. The van der Waals surface area contributed by atoms with Gasteiger partial charge in [0.25, 0.3) is 0 Å². The van der Waals surface area contributed by atoms with E-state index in [1.165, 1.54) is 9.58 Å². The lowest BCUT2D eigenvalue weighted by Gasteiger charge is -2.26. The van der Waals surface area contributed by atoms with Crippen LogP contribution in [0.1, 0.15) is 52.3 Å². The van der Waals surface area contributed by atoms with Gasteiger partial charge in [0.05, 0.1) is 19.0 Å². The predicted molar refractivity (Wildman–Crippen MR) is 160 cm³/mol. The molecule has 43 heavy (non-hydrogen) atoms. The first-order valence-corrected chi connectivity index (χ1v) is 13.6. The summed E-state index contributed by atoms with van der Waals surface area (Å²) in [6.07, 6.45) is 3.19. The molecule has 0 amide bonds. The second-order valence-corrected chi connectivity index (χ2v) is 9.69. The average Bonchev–Trinajstić information content (AvgIpc) is 3.63. The molecule has 220 valence electrons. The molecule has 3 N–H and O–H groups in total. The molecule has 0 radical (unpaired) electrons. The lowest BCUT2D eigenvalue weighted by atomic mass is 9.82. The maximum atomic E-state index is 11.2. The Morgan fingerprint density at radius 3 is 1.84 bits per heavy atom. The number of phenols is 2. The van der Waals surface area contributed by atoms with Gasteiger partial charge in [0.2, 0.25) is 0 Å². The third kappa shape index (κ3) is 6.54. The maximum absolute atomic E-state index is 11.2. The number of hydrogen-bond donors (Lipinski definition) is 3. The molecule has 2 aromatic heterocycles. The first kappa shape index (κ1) is 29.0. The molecule has 0 saturated heterocycles. The molecule has 0 bridgehead atoms. The van der Waals surface area contributed by atoms with E-state index in [1.54, 1.807) is 50.5 Å². The molecular weight excluding hydrogens is 550 g/mol. The highest BCUT2D eigenvalue weighted by Crippen LogP contribution is 2.42. The number of likely N-dealkylation sites (N-methyl/N-ethyl adjacent to an activating group) is 1. The number of tetrazole rings is 2. The highest BCUT2D eigenvalue weighted by Gasteiger charge is 2.24. The van der Waals surface area contributed by atoms with Crippen LogP contribution in [-0.4, -0.2) is 88.1 Å². The zero-order valence-electron chi connectivity index (χ0n) is 23.9. The number of aryl methyl sites for hydroxylation is 2. The number of rotatable bonds is 11. The summed E-state index contributed by atoms with van der Waals surface area (Å²) in [6.45, 7) is 6.65. The van der Waals surface area contributed by atoms with E-state index < -0.39 is 5.92 Å². The molecule has 0 spiro atoms. The summed E-state index contributed by atoms with van der Waals surface area (Å²) in [5.41, 5.74) is 4.17. The molecule has 14 heteroatoms. The molecule has 0 saturated carbocycles. The Hall–Kier alpha value is -5.50. The maximum Gasteiger partial charge on any atom is 0.173 e. The van der Waals surface area contributed by atoms with Crippen LogP contribution in [0.2, 0.25) is 0 Å². The standard InChI is InChI=1S/C29H31N11O3/c1-4-38(12-13-41)24-7-5-6-23(16-24)29(25-14-21(8-10-27(25)42)17-30-39-19(2)32-34-36-39)26-15-22(9-11-28(26)43)18-31-40-20(3)33-35-37-40/h5-11,14-18,29,41-43H,4,12-13H2,1-3H3. The molecule has 14 nitrogen and oxygen atoms in total. The molecule has 5 rings (SSSR count). The number of benzene rings is 3. The van der Waals surface area contributed by atoms with Crippen molar-refractivity contribution in [2.75, 3.05) is 24.6 Å². The van der Waals surface area contributed by atoms with Gasteiger partial charge in [0.15, 0.2) is 11.6 Å². The first-order valence-electron chi connectivity index (χ1n) is 13.6. The van der Waals surface area contributed by atoms with E-state index in [-0.39, 0.29) is 18.1 Å². The number of aromatic nitrogens is 8. The summed E-state index contributed by atoms with van der Waals surface area (Å²) < 4.78 is 0. The Kier molecular flexibility index (Phi) is 8.77. The molecular formula is C29H31N11O3. The fourth-order valence-corrected chi connectivity index (χ4v) is 4.70. The summed E-state index contributed by atoms with van der Waals surface area (Å²) in [5, 5.41) is 63.2. The third-order valence-electron chi connectivity index (χ3n) is 6.89. The zero-order valence-corrected chi connectivity index (χ0v) is 23.9. The van der Waals surface area contributed by atoms with Crippen molar-refractivity contribution in [2.45, 2.75) is 26.7 Å². The average molecular weight is 582 g/mol. The van der Waals surface area contributed by atoms with E-state index in [0.29, 0.717) is 47.0 Å². The van der Waals surface area contributed by atoms with E-state index in [4.69, 9.17) is 0 Å². The monoisotopic (exact) mass is 581 g/mol. The largest absolute Gasteiger partial charge is 0.508 e. The van der Waals surface area contributed by atoms with Crippen molar-refractivity contribution >= 4 is 18.1 Å². The lowest BCUT2D eigenvalue weighted by Crippen LogP contribution is -2.26. The minimum atomic E-state index is -0.598. The van der Waals surface area contributed by atoms with Gasteiger partial charge >= 0.3 is 0 Å². The predicted octanol–water partition coefficient (Wildman–Crippen LogP) is 2.45. The van der Waals surface area contributed by atoms with Crippen LogP contribution in [0, 0.1) is 13.8 Å². The summed E-state index contributed by atoms with van der Waals surface area (Å²) in [4.78, 5) is 4.65. The van der Waals surface area contributed by atoms with Gasteiger partial charge in [0, 0.05) is 35.8 Å². The van der Waals surface area contributed by atoms with Crippen LogP contribution in [-0.2, 0) is 0 Å². The summed E-state index contributed by atoms with van der Waals surface area (Å²) in [7, 11) is 0. The van der Waals surface area contributed by atoms with Crippen LogP contribution >= 0.6 is 0 Å². The van der Waals surface area contributed by atoms with Crippen molar-refractivity contribution in [3.63, 3.8) is 0 Å². The SMILES string of the molecule is CCN(CCO)c1cccc(C(c2cc(C=Nn3nnnc3C)ccc2O)c2cc(C=Nn3nnnc3C)ccc2O)c1. The molecule has 0 unspecified atom stereocenters. The van der Waals surface area contributed by atoms with E-state index in [1.807, 2.05) is 43.3 Å². The zero-order chi connectivity index (χ0) is 30.3. The number of hydrogen-bond acceptors (Lipinski definition) is 12. The van der Waals surface area contributed by atoms with Crippen LogP contribution in [0.3, 0.4) is 0 Å². The van der Waals surface area contributed by atoms with Gasteiger partial charge in [0.1, 0.15) is 11.5 Å². The molecule has 3 aromatic carbocycles. The molecule has 5 aromatic rings. The van der Waals surface area contributed by atoms with Gasteiger partial charge in [-0.2, -0.15) is 10.2 Å². The van der Waals surface area contributed by atoms with E-state index in [0.717, 1.165) is 11.3 Å². The number of aliphatic hydroxyl groups excluding tert-OH is 1. The fourth-order valence-electron chi connectivity index (χ4n) is 4.70. The smallest absolute Gasteiger partial charge is 0.173 e. The van der Waals surface area contributed by atoms with Gasteiger partial charge in [-0.15, -0.1) is 19.8 Å². The molecule has 0 aliphatic heterocycles. The van der Waals surface area contributed by atoms with Crippen molar-refractivity contribution in [3.8, 4) is 11.5 Å². The highest BCUT2D eigenvalue weighted by molar-refractivity contribution is 5.82. The number of anilines is 1. The van der Waals surface area contributed by atoms with Gasteiger partial charge in [-0.25, -0.2) is 0 Å². The molecule has 0 fully saturated rings. The van der Waals surface area contributed by atoms with Crippen LogP contribution in [0.5, 0.6) is 11.5 Å². The Morgan fingerprint density at radius 2 is 1.37 bits per heavy atom. The lowest BCUT2D eigenvalue weighted by molar-refractivity contribution is 0.302. The van der Waals surface area contributed by atoms with Crippen molar-refractivity contribution in [3.05, 3.63) is 100 Å².